The van der Waals surface area contributed by atoms with E-state index < -0.39 is 60.9 Å². The van der Waals surface area contributed by atoms with E-state index in [1.165, 1.54) is 14.0 Å². The molecule has 3 amide bonds. The molecule has 4 unspecified atom stereocenters. The summed E-state index contributed by atoms with van der Waals surface area (Å²) < 4.78 is 0. The lowest BCUT2D eigenvalue weighted by Crippen LogP contribution is -2.59. The molecule has 10 N–H and O–H groups in total. The van der Waals surface area contributed by atoms with Gasteiger partial charge in [-0.15, -0.1) is 0 Å². The number of likely N-dealkylation sites (N-methyl/N-ethyl adjacent to an activating group) is 1. The van der Waals surface area contributed by atoms with Crippen molar-refractivity contribution in [2.24, 2.45) is 11.5 Å². The molecule has 0 saturated heterocycles. The van der Waals surface area contributed by atoms with Crippen molar-refractivity contribution in [3.63, 3.8) is 0 Å². The van der Waals surface area contributed by atoms with Crippen molar-refractivity contribution in [3.8, 4) is 0 Å². The van der Waals surface area contributed by atoms with Gasteiger partial charge in [-0.3, -0.25) is 24.8 Å². The summed E-state index contributed by atoms with van der Waals surface area (Å²) in [6.45, 7) is 0.568. The number of carbonyl (C=O) groups excluding carboxylic acids is 3. The maximum Gasteiger partial charge on any atom is 0.328 e. The maximum atomic E-state index is 12.3. The number of carboxylic acids is 1. The van der Waals surface area contributed by atoms with Gasteiger partial charge < -0.3 is 37.4 Å². The Balaban J connectivity index is 5.08. The zero-order valence-electron chi connectivity index (χ0n) is 14.7. The fourth-order valence-electron chi connectivity index (χ4n) is 1.77. The van der Waals surface area contributed by atoms with Crippen LogP contribution in [-0.4, -0.2) is 87.0 Å². The van der Waals surface area contributed by atoms with Crippen LogP contribution in [0.3, 0.4) is 0 Å². The Kier molecular flexibility index (Phi) is 10.2. The predicted molar refractivity (Wildman–Crippen MR) is 95.5 cm³/mol. The van der Waals surface area contributed by atoms with E-state index in [1.807, 2.05) is 0 Å². The van der Waals surface area contributed by atoms with Crippen LogP contribution in [0.15, 0.2) is 0 Å². The molecule has 0 aliphatic rings. The molecule has 4 atom stereocenters. The third-order valence-corrected chi connectivity index (χ3v) is 3.42. The number of thiocarbonyl (C=S) groups is 1. The van der Waals surface area contributed by atoms with E-state index in [2.05, 4.69) is 16.1 Å². The van der Waals surface area contributed by atoms with Gasteiger partial charge in [0.2, 0.25) is 5.91 Å². The number of nitrogens with zero attached hydrogens (tertiary/aromatic N) is 1. The van der Waals surface area contributed by atoms with Gasteiger partial charge in [0.25, 0.3) is 11.8 Å². The zero-order chi connectivity index (χ0) is 21.3. The number of rotatable bonds is 9. The van der Waals surface area contributed by atoms with Gasteiger partial charge in [-0.2, -0.15) is 0 Å². The molecule has 13 nitrogen and oxygen atoms in total. The summed E-state index contributed by atoms with van der Waals surface area (Å²) in [5, 5.41) is 32.3. The van der Waals surface area contributed by atoms with Gasteiger partial charge in [0.15, 0.2) is 11.2 Å². The van der Waals surface area contributed by atoms with Crippen LogP contribution in [0.2, 0.25) is 0 Å². The van der Waals surface area contributed by atoms with Crippen molar-refractivity contribution < 1.29 is 34.5 Å². The van der Waals surface area contributed by atoms with E-state index in [4.69, 9.17) is 33.9 Å². The lowest BCUT2D eigenvalue weighted by Gasteiger charge is -2.26. The second kappa shape index (κ2) is 11.2. The SMILES string of the molecule is CC(O)C(NC(=S)NC(CC(N)=O)C(=O)NN(C)C(=O)C(N)CO)C(=O)O. The summed E-state index contributed by atoms with van der Waals surface area (Å²) >= 11 is 4.88. The third-order valence-electron chi connectivity index (χ3n) is 3.18. The standard InChI is InChI=1S/C13H24N6O7S/c1-5(21)9(12(25)26)17-13(27)16-7(3-8(15)22)10(23)18-19(2)11(24)6(14)4-20/h5-7,9,20-21H,3-4,14H2,1-2H3,(H2,15,22)(H,18,23)(H,25,26)(H2,16,17,27). The van der Waals surface area contributed by atoms with Crippen LogP contribution in [0.4, 0.5) is 0 Å². The number of nitrogens with two attached hydrogens (primary N) is 2. The van der Waals surface area contributed by atoms with Crippen LogP contribution in [0.1, 0.15) is 13.3 Å². The molecule has 0 bridgehead atoms. The Bertz CT molecular complexity index is 588. The molecule has 0 aliphatic carbocycles. The fraction of sp³-hybridized carbons (Fsp3) is 0.615. The van der Waals surface area contributed by atoms with Gasteiger partial charge >= 0.3 is 5.97 Å². The van der Waals surface area contributed by atoms with E-state index in [0.29, 0.717) is 5.01 Å². The molecule has 0 aromatic rings. The highest BCUT2D eigenvalue weighted by Gasteiger charge is 2.28. The third kappa shape index (κ3) is 8.59. The Hall–Kier alpha value is -2.55. The smallest absolute Gasteiger partial charge is 0.328 e. The van der Waals surface area contributed by atoms with Crippen molar-refractivity contribution in [1.82, 2.24) is 21.1 Å². The van der Waals surface area contributed by atoms with E-state index in [1.54, 1.807) is 0 Å². The van der Waals surface area contributed by atoms with E-state index in [0.717, 1.165) is 0 Å². The predicted octanol–water partition coefficient (Wildman–Crippen LogP) is -4.66. The number of aliphatic hydroxyl groups is 2. The summed E-state index contributed by atoms with van der Waals surface area (Å²) in [7, 11) is 1.17. The molecule has 0 spiro atoms. The van der Waals surface area contributed by atoms with Gasteiger partial charge in [-0.05, 0) is 19.1 Å². The number of amides is 3. The minimum absolute atomic E-state index is 0.342. The van der Waals surface area contributed by atoms with Gasteiger partial charge in [0.1, 0.15) is 12.1 Å². The summed E-state index contributed by atoms with van der Waals surface area (Å²) in [5.41, 5.74) is 12.6. The number of hydrogen-bond donors (Lipinski definition) is 8. The lowest BCUT2D eigenvalue weighted by atomic mass is 10.2. The van der Waals surface area contributed by atoms with Crippen molar-refractivity contribution in [2.45, 2.75) is 37.6 Å². The van der Waals surface area contributed by atoms with Crippen LogP contribution in [0.25, 0.3) is 0 Å². The van der Waals surface area contributed by atoms with Crippen LogP contribution in [0, 0.1) is 0 Å². The molecule has 0 radical (unpaired) electrons. The average molecular weight is 408 g/mol. The normalized spacial score (nSPS) is 14.9. The highest BCUT2D eigenvalue weighted by atomic mass is 32.1. The molecular weight excluding hydrogens is 384 g/mol. The molecule has 0 saturated carbocycles. The molecule has 154 valence electrons. The van der Waals surface area contributed by atoms with Crippen molar-refractivity contribution in [2.75, 3.05) is 13.7 Å². The highest BCUT2D eigenvalue weighted by Crippen LogP contribution is 1.97. The number of primary amides is 1. The van der Waals surface area contributed by atoms with Gasteiger partial charge in [-0.25, -0.2) is 4.79 Å². The highest BCUT2D eigenvalue weighted by molar-refractivity contribution is 7.80. The first-order chi connectivity index (χ1) is 12.4. The fourth-order valence-corrected chi connectivity index (χ4v) is 2.03. The largest absolute Gasteiger partial charge is 0.480 e. The Morgan fingerprint density at radius 1 is 1.22 bits per heavy atom. The first kappa shape index (κ1) is 24.5. The minimum Gasteiger partial charge on any atom is -0.480 e. The molecule has 0 fully saturated rings. The minimum atomic E-state index is -1.46. The molecule has 0 rings (SSSR count). The van der Waals surface area contributed by atoms with Crippen molar-refractivity contribution in [3.05, 3.63) is 0 Å². The average Bonchev–Trinajstić information content (AvgIpc) is 2.56. The van der Waals surface area contributed by atoms with Crippen LogP contribution in [-0.2, 0) is 19.2 Å². The summed E-state index contributed by atoms with van der Waals surface area (Å²) in [6, 6.07) is -4.08. The molecule has 14 heteroatoms. The van der Waals surface area contributed by atoms with E-state index in [-0.39, 0.29) is 5.11 Å². The molecule has 27 heavy (non-hydrogen) atoms. The Labute approximate surface area is 160 Å². The number of aliphatic carboxylic acids is 1. The number of carboxylic acid groups (broad SMARTS) is 1. The topological polar surface area (TPSA) is 220 Å². The number of carbonyl (C=O) groups is 4. The van der Waals surface area contributed by atoms with Gasteiger partial charge in [-0.1, -0.05) is 0 Å². The number of aliphatic hydroxyl groups excluding tert-OH is 2. The number of hydrogen-bond acceptors (Lipinski definition) is 8. The number of nitrogens with one attached hydrogen (secondary N) is 3. The summed E-state index contributed by atoms with van der Waals surface area (Å²) in [4.78, 5) is 46.2. The van der Waals surface area contributed by atoms with Gasteiger partial charge in [0, 0.05) is 7.05 Å². The molecular formula is C13H24N6O7S. The summed E-state index contributed by atoms with van der Waals surface area (Å²) in [5.74, 6) is -3.97. The van der Waals surface area contributed by atoms with E-state index in [9.17, 15) is 24.3 Å². The van der Waals surface area contributed by atoms with Gasteiger partial charge in [0.05, 0.1) is 19.1 Å². The van der Waals surface area contributed by atoms with Crippen molar-refractivity contribution in [1.29, 1.82) is 0 Å². The first-order valence-corrected chi connectivity index (χ1v) is 8.02. The maximum absolute atomic E-state index is 12.3. The lowest BCUT2D eigenvalue weighted by molar-refractivity contribution is -0.142. The van der Waals surface area contributed by atoms with Crippen LogP contribution < -0.4 is 27.5 Å². The summed E-state index contributed by atoms with van der Waals surface area (Å²) in [6.07, 6.45) is -1.84. The Morgan fingerprint density at radius 3 is 2.19 bits per heavy atom. The second-order valence-electron chi connectivity index (χ2n) is 5.56. The second-order valence-corrected chi connectivity index (χ2v) is 5.97. The van der Waals surface area contributed by atoms with Crippen molar-refractivity contribution >= 4 is 41.0 Å². The quantitative estimate of drug-likeness (QED) is 0.134. The van der Waals surface area contributed by atoms with Crippen LogP contribution >= 0.6 is 12.2 Å². The molecule has 0 aromatic heterocycles. The molecule has 0 aliphatic heterocycles. The molecule has 0 heterocycles. The van der Waals surface area contributed by atoms with Crippen LogP contribution in [0.5, 0.6) is 0 Å². The Morgan fingerprint density at radius 2 is 1.78 bits per heavy atom. The zero-order valence-corrected chi connectivity index (χ0v) is 15.5. The first-order valence-electron chi connectivity index (χ1n) is 7.61. The number of hydrazine groups is 1. The monoisotopic (exact) mass is 408 g/mol. The molecule has 0 aromatic carbocycles. The van der Waals surface area contributed by atoms with E-state index >= 15 is 0 Å².